The maximum absolute atomic E-state index is 4.06. The molecule has 13 heavy (non-hydrogen) atoms. The van der Waals surface area contributed by atoms with Gasteiger partial charge in [-0.3, -0.25) is 0 Å². The first-order chi connectivity index (χ1) is 6.34. The third kappa shape index (κ3) is 3.29. The van der Waals surface area contributed by atoms with Crippen molar-refractivity contribution in [2.75, 3.05) is 0 Å². The maximum Gasteiger partial charge on any atom is -0.0230 e. The van der Waals surface area contributed by atoms with E-state index in [2.05, 4.69) is 43.0 Å². The molecule has 0 aliphatic heterocycles. The second kappa shape index (κ2) is 5.36. The van der Waals surface area contributed by atoms with E-state index < -0.39 is 0 Å². The third-order valence-electron chi connectivity index (χ3n) is 2.03. The van der Waals surface area contributed by atoms with Crippen LogP contribution in [0.3, 0.4) is 0 Å². The van der Waals surface area contributed by atoms with E-state index in [9.17, 15) is 0 Å². The lowest BCUT2D eigenvalue weighted by atomic mass is 10.0. The van der Waals surface area contributed by atoms with Crippen molar-refractivity contribution in [3.8, 4) is 0 Å². The first-order valence-corrected chi connectivity index (χ1v) is 4.69. The molecule has 0 radical (unpaired) electrons. The topological polar surface area (TPSA) is 0 Å². The molecule has 0 heterocycles. The molecule has 1 aromatic rings. The molecule has 0 nitrogen and oxygen atoms in total. The van der Waals surface area contributed by atoms with Crippen LogP contribution in [0, 0.1) is 0 Å². The molecule has 0 spiro atoms. The van der Waals surface area contributed by atoms with Gasteiger partial charge in [0.2, 0.25) is 0 Å². The van der Waals surface area contributed by atoms with Crippen molar-refractivity contribution in [1.29, 1.82) is 0 Å². The molecule has 1 aromatic carbocycles. The van der Waals surface area contributed by atoms with Crippen LogP contribution in [0.5, 0.6) is 0 Å². The fourth-order valence-electron chi connectivity index (χ4n) is 1.24. The van der Waals surface area contributed by atoms with Crippen molar-refractivity contribution < 1.29 is 0 Å². The zero-order valence-electron chi connectivity index (χ0n) is 8.16. The molecule has 0 saturated heterocycles. The van der Waals surface area contributed by atoms with Gasteiger partial charge in [-0.25, -0.2) is 0 Å². The average Bonchev–Trinajstić information content (AvgIpc) is 2.19. The lowest BCUT2D eigenvalue weighted by molar-refractivity contribution is 1.07. The summed E-state index contributed by atoms with van der Waals surface area (Å²) < 4.78 is 0. The Morgan fingerprint density at radius 3 is 2.62 bits per heavy atom. The van der Waals surface area contributed by atoms with E-state index in [0.717, 1.165) is 12.8 Å². The van der Waals surface area contributed by atoms with Crippen LogP contribution in [0.2, 0.25) is 0 Å². The summed E-state index contributed by atoms with van der Waals surface area (Å²) in [6, 6.07) is 10.4. The minimum Gasteiger partial charge on any atom is -0.0952 e. The summed E-state index contributed by atoms with van der Waals surface area (Å²) in [6.07, 6.45) is 6.39. The Hall–Kier alpha value is -1.30. The molecule has 0 heteroatoms. The second-order valence-electron chi connectivity index (χ2n) is 3.08. The van der Waals surface area contributed by atoms with E-state index in [1.54, 1.807) is 0 Å². The second-order valence-corrected chi connectivity index (χ2v) is 3.08. The quantitative estimate of drug-likeness (QED) is 0.601. The molecule has 0 fully saturated rings. The van der Waals surface area contributed by atoms with E-state index in [1.165, 1.54) is 11.1 Å². The van der Waals surface area contributed by atoms with E-state index in [0.29, 0.717) is 0 Å². The van der Waals surface area contributed by atoms with Crippen LogP contribution in [0.15, 0.2) is 49.1 Å². The summed E-state index contributed by atoms with van der Waals surface area (Å²) in [7, 11) is 0. The molecule has 0 bridgehead atoms. The van der Waals surface area contributed by atoms with Gasteiger partial charge in [-0.1, -0.05) is 49.1 Å². The van der Waals surface area contributed by atoms with Gasteiger partial charge in [-0.05, 0) is 30.9 Å². The van der Waals surface area contributed by atoms with Crippen LogP contribution in [-0.2, 0) is 0 Å². The minimum atomic E-state index is 1.05. The van der Waals surface area contributed by atoms with E-state index >= 15 is 0 Å². The first-order valence-electron chi connectivity index (χ1n) is 4.69. The molecule has 0 aromatic heterocycles. The zero-order valence-corrected chi connectivity index (χ0v) is 8.16. The summed E-state index contributed by atoms with van der Waals surface area (Å²) in [5.41, 5.74) is 2.48. The van der Waals surface area contributed by atoms with E-state index in [4.69, 9.17) is 0 Å². The highest BCUT2D eigenvalue weighted by molar-refractivity contribution is 5.63. The number of hydrogen-bond donors (Lipinski definition) is 0. The molecule has 1 rings (SSSR count). The summed E-state index contributed by atoms with van der Waals surface area (Å²) >= 11 is 0. The summed E-state index contributed by atoms with van der Waals surface area (Å²) in [4.78, 5) is 0. The molecule has 0 saturated carbocycles. The highest BCUT2D eigenvalue weighted by Gasteiger charge is 1.95. The number of benzene rings is 1. The summed E-state index contributed by atoms with van der Waals surface area (Å²) in [6.45, 7) is 6.11. The fourth-order valence-corrected chi connectivity index (χ4v) is 1.24. The fraction of sp³-hybridized carbons (Fsp3) is 0.231. The van der Waals surface area contributed by atoms with Crippen LogP contribution < -0.4 is 0 Å². The third-order valence-corrected chi connectivity index (χ3v) is 2.03. The monoisotopic (exact) mass is 172 g/mol. The van der Waals surface area contributed by atoms with Crippen molar-refractivity contribution in [1.82, 2.24) is 0 Å². The van der Waals surface area contributed by atoms with Crippen molar-refractivity contribution in [3.63, 3.8) is 0 Å². The van der Waals surface area contributed by atoms with Gasteiger partial charge < -0.3 is 0 Å². The molecule has 0 amide bonds. The van der Waals surface area contributed by atoms with Crippen molar-refractivity contribution >= 4 is 5.57 Å². The standard InChI is InChI=1S/C13H16/c1-3-4-6-9-12(2)13-10-7-5-8-11-13/h3-5,7-8,10-11H,2,6,9H2,1H3/b4-3+. The van der Waals surface area contributed by atoms with E-state index in [-0.39, 0.29) is 0 Å². The molecule has 68 valence electrons. The smallest absolute Gasteiger partial charge is 0.0230 e. The first kappa shape index (κ1) is 9.79. The van der Waals surface area contributed by atoms with Crippen molar-refractivity contribution in [2.24, 2.45) is 0 Å². The number of allylic oxidation sites excluding steroid dienone is 3. The lowest BCUT2D eigenvalue weighted by Gasteiger charge is -2.02. The van der Waals surface area contributed by atoms with Gasteiger partial charge in [0, 0.05) is 0 Å². The Morgan fingerprint density at radius 1 is 1.31 bits per heavy atom. The minimum absolute atomic E-state index is 1.05. The molecule has 0 N–H and O–H groups in total. The molecule has 0 aliphatic carbocycles. The van der Waals surface area contributed by atoms with Gasteiger partial charge in [0.25, 0.3) is 0 Å². The largest absolute Gasteiger partial charge is 0.0952 e. The SMILES string of the molecule is C=C(CC/C=C/C)c1ccccc1. The van der Waals surface area contributed by atoms with Gasteiger partial charge in [-0.15, -0.1) is 0 Å². The van der Waals surface area contributed by atoms with Crippen molar-refractivity contribution in [2.45, 2.75) is 19.8 Å². The Labute approximate surface area is 80.6 Å². The van der Waals surface area contributed by atoms with Gasteiger partial charge in [0.05, 0.1) is 0 Å². The Bertz CT molecular complexity index is 280. The summed E-state index contributed by atoms with van der Waals surface area (Å²) in [5.74, 6) is 0. The molecular formula is C13H16. The molecule has 0 aliphatic rings. The maximum atomic E-state index is 4.06. The average molecular weight is 172 g/mol. The Morgan fingerprint density at radius 2 is 2.00 bits per heavy atom. The Kier molecular flexibility index (Phi) is 4.04. The van der Waals surface area contributed by atoms with Crippen LogP contribution in [-0.4, -0.2) is 0 Å². The van der Waals surface area contributed by atoms with Gasteiger partial charge >= 0.3 is 0 Å². The normalized spacial score (nSPS) is 10.5. The van der Waals surface area contributed by atoms with Crippen LogP contribution >= 0.6 is 0 Å². The molecule has 0 atom stereocenters. The summed E-state index contributed by atoms with van der Waals surface area (Å²) in [5, 5.41) is 0. The van der Waals surface area contributed by atoms with Crippen molar-refractivity contribution in [3.05, 3.63) is 54.6 Å². The predicted octanol–water partition coefficient (Wildman–Crippen LogP) is 4.06. The van der Waals surface area contributed by atoms with Crippen LogP contribution in [0.25, 0.3) is 5.57 Å². The zero-order chi connectivity index (χ0) is 9.52. The molecular weight excluding hydrogens is 156 g/mol. The number of rotatable bonds is 4. The van der Waals surface area contributed by atoms with Gasteiger partial charge in [0.15, 0.2) is 0 Å². The van der Waals surface area contributed by atoms with Crippen LogP contribution in [0.4, 0.5) is 0 Å². The van der Waals surface area contributed by atoms with Gasteiger partial charge in [-0.2, -0.15) is 0 Å². The lowest BCUT2D eigenvalue weighted by Crippen LogP contribution is -1.80. The highest BCUT2D eigenvalue weighted by atomic mass is 14.0. The van der Waals surface area contributed by atoms with E-state index in [1.807, 2.05) is 13.0 Å². The highest BCUT2D eigenvalue weighted by Crippen LogP contribution is 2.17. The Balaban J connectivity index is 2.49. The molecule has 0 unspecified atom stereocenters. The number of hydrogen-bond acceptors (Lipinski definition) is 0. The van der Waals surface area contributed by atoms with Gasteiger partial charge in [0.1, 0.15) is 0 Å². The predicted molar refractivity (Wildman–Crippen MR) is 59.5 cm³/mol. The van der Waals surface area contributed by atoms with Crippen LogP contribution in [0.1, 0.15) is 25.3 Å².